The van der Waals surface area contributed by atoms with Crippen molar-refractivity contribution < 1.29 is 4.79 Å². The molecule has 0 heterocycles. The zero-order chi connectivity index (χ0) is 13.2. The van der Waals surface area contributed by atoms with E-state index in [1.165, 1.54) is 5.39 Å². The Labute approximate surface area is 113 Å². The van der Waals surface area contributed by atoms with E-state index in [4.69, 9.17) is 0 Å². The van der Waals surface area contributed by atoms with Crippen molar-refractivity contribution >= 4 is 22.6 Å². The Bertz CT molecular complexity index is 652. The Morgan fingerprint density at radius 3 is 2.58 bits per heavy atom. The molecule has 19 heavy (non-hydrogen) atoms. The molecule has 0 saturated carbocycles. The number of carbonyl (C=O) groups excluding carboxylic acids is 1. The van der Waals surface area contributed by atoms with Gasteiger partial charge in [-0.15, -0.1) is 0 Å². The van der Waals surface area contributed by atoms with E-state index >= 15 is 0 Å². The molecule has 0 saturated heterocycles. The lowest BCUT2D eigenvalue weighted by atomic mass is 9.84. The van der Waals surface area contributed by atoms with Crippen molar-refractivity contribution in [2.75, 3.05) is 0 Å². The van der Waals surface area contributed by atoms with E-state index in [1.807, 2.05) is 12.1 Å². The molecular formula is C18H18O. The summed E-state index contributed by atoms with van der Waals surface area (Å²) in [7, 11) is 0. The van der Waals surface area contributed by atoms with Crippen molar-refractivity contribution in [1.29, 1.82) is 0 Å². The molecule has 96 valence electrons. The molecule has 3 rings (SSSR count). The molecule has 0 N–H and O–H groups in total. The molecule has 1 aliphatic carbocycles. The summed E-state index contributed by atoms with van der Waals surface area (Å²) in [6.07, 6.45) is 7.42. The molecular weight excluding hydrogens is 232 g/mol. The van der Waals surface area contributed by atoms with Gasteiger partial charge < -0.3 is 0 Å². The van der Waals surface area contributed by atoms with Gasteiger partial charge in [-0.05, 0) is 34.9 Å². The molecule has 0 aliphatic heterocycles. The molecule has 0 radical (unpaired) electrons. The summed E-state index contributed by atoms with van der Waals surface area (Å²) in [5.41, 5.74) is 1.96. The Morgan fingerprint density at radius 1 is 1.11 bits per heavy atom. The highest BCUT2D eigenvalue weighted by Gasteiger charge is 2.23. The van der Waals surface area contributed by atoms with Crippen molar-refractivity contribution in [3.63, 3.8) is 0 Å². The summed E-state index contributed by atoms with van der Waals surface area (Å²) in [6.45, 7) is 2.17. The summed E-state index contributed by atoms with van der Waals surface area (Å²) in [6, 6.07) is 12.4. The van der Waals surface area contributed by atoms with E-state index < -0.39 is 0 Å². The second kappa shape index (κ2) is 5.00. The Balaban J connectivity index is 2.03. The normalized spacial score (nSPS) is 17.7. The largest absolute Gasteiger partial charge is 0.293 e. The van der Waals surface area contributed by atoms with E-state index in [2.05, 4.69) is 43.3 Å². The fourth-order valence-electron chi connectivity index (χ4n) is 2.77. The molecule has 1 atom stereocenters. The number of carbonyl (C=O) groups is 1. The van der Waals surface area contributed by atoms with Gasteiger partial charge in [0.05, 0.1) is 0 Å². The van der Waals surface area contributed by atoms with Gasteiger partial charge in [0.15, 0.2) is 5.78 Å². The SMILES string of the molecule is CCCCC1C=Cc2cc3ccccc3cc2C1=O. The molecule has 0 spiro atoms. The van der Waals surface area contributed by atoms with E-state index in [-0.39, 0.29) is 11.7 Å². The number of benzene rings is 2. The topological polar surface area (TPSA) is 17.1 Å². The zero-order valence-corrected chi connectivity index (χ0v) is 11.2. The smallest absolute Gasteiger partial charge is 0.170 e. The van der Waals surface area contributed by atoms with Crippen LogP contribution in [0.1, 0.15) is 42.1 Å². The van der Waals surface area contributed by atoms with Gasteiger partial charge in [-0.3, -0.25) is 4.79 Å². The lowest BCUT2D eigenvalue weighted by molar-refractivity contribution is 0.0937. The monoisotopic (exact) mass is 250 g/mol. The predicted molar refractivity (Wildman–Crippen MR) is 80.3 cm³/mol. The maximum absolute atomic E-state index is 12.5. The Hall–Kier alpha value is -1.89. The van der Waals surface area contributed by atoms with Crippen LogP contribution in [0.3, 0.4) is 0 Å². The Morgan fingerprint density at radius 2 is 1.84 bits per heavy atom. The third-order valence-corrected chi connectivity index (χ3v) is 3.90. The second-order valence-electron chi connectivity index (χ2n) is 5.26. The first-order chi connectivity index (χ1) is 9.29. The lowest BCUT2D eigenvalue weighted by Crippen LogP contribution is -2.17. The van der Waals surface area contributed by atoms with Gasteiger partial charge in [-0.25, -0.2) is 0 Å². The highest BCUT2D eigenvalue weighted by molar-refractivity contribution is 6.07. The van der Waals surface area contributed by atoms with Gasteiger partial charge in [-0.1, -0.05) is 56.2 Å². The number of fused-ring (bicyclic) bond motifs is 2. The fourth-order valence-corrected chi connectivity index (χ4v) is 2.77. The summed E-state index contributed by atoms with van der Waals surface area (Å²) < 4.78 is 0. The number of ketones is 1. The highest BCUT2D eigenvalue weighted by Crippen LogP contribution is 2.29. The van der Waals surface area contributed by atoms with Crippen LogP contribution in [0.25, 0.3) is 16.8 Å². The average Bonchev–Trinajstić information content (AvgIpc) is 2.45. The highest BCUT2D eigenvalue weighted by atomic mass is 16.1. The fraction of sp³-hybridized carbons (Fsp3) is 0.278. The van der Waals surface area contributed by atoms with Gasteiger partial charge >= 0.3 is 0 Å². The Kier molecular flexibility index (Phi) is 3.20. The van der Waals surface area contributed by atoms with Crippen LogP contribution in [-0.2, 0) is 0 Å². The van der Waals surface area contributed by atoms with Gasteiger partial charge in [-0.2, -0.15) is 0 Å². The van der Waals surface area contributed by atoms with Crippen molar-refractivity contribution in [1.82, 2.24) is 0 Å². The van der Waals surface area contributed by atoms with Crippen LogP contribution < -0.4 is 0 Å². The molecule has 2 aromatic rings. The third kappa shape index (κ3) is 2.21. The first kappa shape index (κ1) is 12.2. The summed E-state index contributed by atoms with van der Waals surface area (Å²) in [5.74, 6) is 0.366. The quantitative estimate of drug-likeness (QED) is 0.760. The van der Waals surface area contributed by atoms with Crippen molar-refractivity contribution in [2.24, 2.45) is 5.92 Å². The van der Waals surface area contributed by atoms with Crippen LogP contribution in [-0.4, -0.2) is 5.78 Å². The molecule has 1 aliphatic rings. The predicted octanol–water partition coefficient (Wildman–Crippen LogP) is 4.86. The lowest BCUT2D eigenvalue weighted by Gasteiger charge is -2.18. The molecule has 1 heteroatoms. The minimum Gasteiger partial charge on any atom is -0.293 e. The molecule has 0 fully saturated rings. The second-order valence-corrected chi connectivity index (χ2v) is 5.26. The average molecular weight is 250 g/mol. The standard InChI is InChI=1S/C18H18O/c1-2-3-6-13-9-10-16-11-14-7-4-5-8-15(14)12-17(16)18(13)19/h4-5,7-13H,2-3,6H2,1H3. The number of hydrogen-bond acceptors (Lipinski definition) is 1. The van der Waals surface area contributed by atoms with Crippen LogP contribution in [0.15, 0.2) is 42.5 Å². The van der Waals surface area contributed by atoms with E-state index in [0.717, 1.165) is 35.8 Å². The van der Waals surface area contributed by atoms with Crippen molar-refractivity contribution in [3.8, 4) is 0 Å². The van der Waals surface area contributed by atoms with Gasteiger partial charge in [0, 0.05) is 11.5 Å². The molecule has 1 nitrogen and oxygen atoms in total. The summed E-state index contributed by atoms with van der Waals surface area (Å²) in [5, 5.41) is 2.35. The first-order valence-corrected chi connectivity index (χ1v) is 7.05. The first-order valence-electron chi connectivity index (χ1n) is 7.05. The van der Waals surface area contributed by atoms with Crippen LogP contribution in [0.2, 0.25) is 0 Å². The maximum atomic E-state index is 12.5. The minimum atomic E-state index is 0.0774. The molecule has 0 bridgehead atoms. The van der Waals surface area contributed by atoms with Gasteiger partial charge in [0.25, 0.3) is 0 Å². The molecule has 2 aromatic carbocycles. The number of Topliss-reactive ketones (excluding diaryl/α,β-unsaturated/α-hetero) is 1. The van der Waals surface area contributed by atoms with E-state index in [0.29, 0.717) is 0 Å². The van der Waals surface area contributed by atoms with Crippen LogP contribution >= 0.6 is 0 Å². The van der Waals surface area contributed by atoms with E-state index in [9.17, 15) is 4.79 Å². The number of hydrogen-bond donors (Lipinski definition) is 0. The maximum Gasteiger partial charge on any atom is 0.170 e. The zero-order valence-electron chi connectivity index (χ0n) is 11.2. The summed E-state index contributed by atoms with van der Waals surface area (Å²) >= 11 is 0. The molecule has 0 amide bonds. The number of rotatable bonds is 3. The number of unbranched alkanes of at least 4 members (excludes halogenated alkanes) is 1. The van der Waals surface area contributed by atoms with Gasteiger partial charge in [0.1, 0.15) is 0 Å². The molecule has 1 unspecified atom stereocenters. The van der Waals surface area contributed by atoms with Crippen LogP contribution in [0.5, 0.6) is 0 Å². The molecule has 0 aromatic heterocycles. The van der Waals surface area contributed by atoms with E-state index in [1.54, 1.807) is 0 Å². The van der Waals surface area contributed by atoms with Crippen molar-refractivity contribution in [3.05, 3.63) is 53.6 Å². The van der Waals surface area contributed by atoms with Crippen molar-refractivity contribution in [2.45, 2.75) is 26.2 Å². The minimum absolute atomic E-state index is 0.0774. The number of allylic oxidation sites excluding steroid dienone is 1. The summed E-state index contributed by atoms with van der Waals surface area (Å²) in [4.78, 5) is 12.5. The van der Waals surface area contributed by atoms with Gasteiger partial charge in [0.2, 0.25) is 0 Å². The van der Waals surface area contributed by atoms with Crippen LogP contribution in [0.4, 0.5) is 0 Å². The van der Waals surface area contributed by atoms with Crippen LogP contribution in [0, 0.1) is 5.92 Å². The third-order valence-electron chi connectivity index (χ3n) is 3.90.